The van der Waals surface area contributed by atoms with Gasteiger partial charge in [0.05, 0.1) is 29.5 Å². The van der Waals surface area contributed by atoms with E-state index in [2.05, 4.69) is 10.2 Å². The van der Waals surface area contributed by atoms with Crippen molar-refractivity contribution in [3.63, 3.8) is 0 Å². The van der Waals surface area contributed by atoms with Gasteiger partial charge in [0.15, 0.2) is 11.5 Å². The van der Waals surface area contributed by atoms with Gasteiger partial charge in [-0.3, -0.25) is 9.69 Å². The highest BCUT2D eigenvalue weighted by Gasteiger charge is 2.24. The molecule has 2 heterocycles. The molecule has 1 amide bonds. The first-order valence-corrected chi connectivity index (χ1v) is 8.16. The molecular weight excluding hydrogens is 320 g/mol. The maximum absolute atomic E-state index is 12.3. The minimum absolute atomic E-state index is 0.107. The molecule has 2 atom stereocenters. The van der Waals surface area contributed by atoms with E-state index in [9.17, 15) is 4.79 Å². The van der Waals surface area contributed by atoms with E-state index >= 15 is 0 Å². The highest BCUT2D eigenvalue weighted by atomic mass is 35.5. The van der Waals surface area contributed by atoms with Gasteiger partial charge in [-0.2, -0.15) is 0 Å². The Morgan fingerprint density at radius 3 is 2.48 bits per heavy atom. The van der Waals surface area contributed by atoms with Crippen molar-refractivity contribution in [1.82, 2.24) is 4.90 Å². The third kappa shape index (κ3) is 4.07. The molecule has 6 nitrogen and oxygen atoms in total. The molecule has 0 spiro atoms. The van der Waals surface area contributed by atoms with E-state index in [1.165, 1.54) is 0 Å². The van der Waals surface area contributed by atoms with Crippen molar-refractivity contribution < 1.29 is 19.0 Å². The van der Waals surface area contributed by atoms with E-state index in [0.29, 0.717) is 42.0 Å². The molecule has 3 rings (SSSR count). The predicted molar refractivity (Wildman–Crippen MR) is 87.5 cm³/mol. The summed E-state index contributed by atoms with van der Waals surface area (Å²) in [5.41, 5.74) is 0.537. The molecule has 0 aliphatic carbocycles. The Labute approximate surface area is 140 Å². The van der Waals surface area contributed by atoms with Crippen molar-refractivity contribution in [1.29, 1.82) is 0 Å². The molecule has 0 bridgehead atoms. The van der Waals surface area contributed by atoms with Crippen molar-refractivity contribution in [2.45, 2.75) is 26.1 Å². The summed E-state index contributed by atoms with van der Waals surface area (Å²) in [7, 11) is 0. The fourth-order valence-electron chi connectivity index (χ4n) is 2.97. The van der Waals surface area contributed by atoms with Crippen LogP contribution in [0, 0.1) is 0 Å². The van der Waals surface area contributed by atoms with Gasteiger partial charge in [-0.15, -0.1) is 0 Å². The Morgan fingerprint density at radius 2 is 1.83 bits per heavy atom. The smallest absolute Gasteiger partial charge is 0.238 e. The largest absolute Gasteiger partial charge is 0.486 e. The van der Waals surface area contributed by atoms with E-state index in [1.807, 2.05) is 13.8 Å². The number of anilines is 1. The number of benzene rings is 1. The zero-order valence-electron chi connectivity index (χ0n) is 13.3. The van der Waals surface area contributed by atoms with Crippen LogP contribution >= 0.6 is 11.6 Å². The summed E-state index contributed by atoms with van der Waals surface area (Å²) in [6, 6.07) is 3.38. The molecule has 0 radical (unpaired) electrons. The van der Waals surface area contributed by atoms with E-state index < -0.39 is 0 Å². The molecule has 1 N–H and O–H groups in total. The van der Waals surface area contributed by atoms with Crippen LogP contribution in [-0.2, 0) is 9.53 Å². The number of nitrogens with zero attached hydrogens (tertiary/aromatic N) is 1. The number of rotatable bonds is 3. The SMILES string of the molecule is CC1CN(CC(=O)Nc2cc3c(cc2Cl)OCCO3)CC(C)O1. The third-order valence-corrected chi connectivity index (χ3v) is 4.08. The van der Waals surface area contributed by atoms with E-state index in [1.54, 1.807) is 12.1 Å². The first kappa shape index (κ1) is 16.4. The molecule has 7 heteroatoms. The Morgan fingerprint density at radius 1 is 1.22 bits per heavy atom. The first-order valence-electron chi connectivity index (χ1n) is 7.78. The lowest BCUT2D eigenvalue weighted by atomic mass is 10.2. The molecular formula is C16H21ClN2O4. The van der Waals surface area contributed by atoms with Crippen molar-refractivity contribution in [3.8, 4) is 11.5 Å². The number of hydrogen-bond acceptors (Lipinski definition) is 5. The Balaban J connectivity index is 1.63. The van der Waals surface area contributed by atoms with Gasteiger partial charge in [-0.1, -0.05) is 11.6 Å². The quantitative estimate of drug-likeness (QED) is 0.913. The lowest BCUT2D eigenvalue weighted by Crippen LogP contribution is -2.48. The summed E-state index contributed by atoms with van der Waals surface area (Å²) < 4.78 is 16.7. The second kappa shape index (κ2) is 6.95. The highest BCUT2D eigenvalue weighted by Crippen LogP contribution is 2.37. The van der Waals surface area contributed by atoms with Crippen LogP contribution in [0.4, 0.5) is 5.69 Å². The van der Waals surface area contributed by atoms with E-state index in [4.69, 9.17) is 25.8 Å². The molecule has 1 fully saturated rings. The van der Waals surface area contributed by atoms with Crippen LogP contribution in [-0.4, -0.2) is 55.9 Å². The number of carbonyl (C=O) groups excluding carboxylic acids is 1. The van der Waals surface area contributed by atoms with Gasteiger partial charge in [-0.05, 0) is 13.8 Å². The average Bonchev–Trinajstić information content (AvgIpc) is 2.46. The summed E-state index contributed by atoms with van der Waals surface area (Å²) in [6.45, 7) is 6.81. The van der Waals surface area contributed by atoms with E-state index in [0.717, 1.165) is 13.1 Å². The molecule has 2 aliphatic heterocycles. The number of amides is 1. The van der Waals surface area contributed by atoms with Gasteiger partial charge in [0.25, 0.3) is 0 Å². The van der Waals surface area contributed by atoms with Crippen LogP contribution in [0.5, 0.6) is 11.5 Å². The molecule has 0 saturated carbocycles. The van der Waals surface area contributed by atoms with Gasteiger partial charge in [0.1, 0.15) is 13.2 Å². The normalized spacial score (nSPS) is 24.3. The van der Waals surface area contributed by atoms with Crippen LogP contribution < -0.4 is 14.8 Å². The molecule has 1 aromatic rings. The van der Waals surface area contributed by atoms with Crippen LogP contribution in [0.2, 0.25) is 5.02 Å². The summed E-state index contributed by atoms with van der Waals surface area (Å²) in [6.07, 6.45) is 0.258. The highest BCUT2D eigenvalue weighted by molar-refractivity contribution is 6.34. The molecule has 23 heavy (non-hydrogen) atoms. The summed E-state index contributed by atoms with van der Waals surface area (Å²) in [4.78, 5) is 14.4. The van der Waals surface area contributed by atoms with Gasteiger partial charge in [-0.25, -0.2) is 0 Å². The lowest BCUT2D eigenvalue weighted by Gasteiger charge is -2.34. The molecule has 0 aromatic heterocycles. The minimum Gasteiger partial charge on any atom is -0.486 e. The third-order valence-electron chi connectivity index (χ3n) is 3.77. The van der Waals surface area contributed by atoms with Crippen molar-refractivity contribution in [3.05, 3.63) is 17.2 Å². The minimum atomic E-state index is -0.107. The maximum atomic E-state index is 12.3. The predicted octanol–water partition coefficient (Wildman–Crippen LogP) is 2.16. The second-order valence-electron chi connectivity index (χ2n) is 5.98. The molecule has 2 unspecified atom stereocenters. The van der Waals surface area contributed by atoms with Crippen molar-refractivity contribution in [2.75, 3.05) is 38.2 Å². The number of nitrogens with one attached hydrogen (secondary N) is 1. The van der Waals surface area contributed by atoms with Gasteiger partial charge >= 0.3 is 0 Å². The Bertz CT molecular complexity index is 586. The number of halogens is 1. The molecule has 2 aliphatic rings. The maximum Gasteiger partial charge on any atom is 0.238 e. The number of morpholine rings is 1. The topological polar surface area (TPSA) is 60.0 Å². The fourth-order valence-corrected chi connectivity index (χ4v) is 3.17. The van der Waals surface area contributed by atoms with Crippen LogP contribution in [0.25, 0.3) is 0 Å². The number of hydrogen-bond donors (Lipinski definition) is 1. The van der Waals surface area contributed by atoms with Crippen LogP contribution in [0.1, 0.15) is 13.8 Å². The number of fused-ring (bicyclic) bond motifs is 1. The summed E-state index contributed by atoms with van der Waals surface area (Å²) in [5.74, 6) is 1.10. The first-order chi connectivity index (χ1) is 11.0. The number of ether oxygens (including phenoxy) is 3. The summed E-state index contributed by atoms with van der Waals surface area (Å²) in [5, 5.41) is 3.28. The lowest BCUT2D eigenvalue weighted by molar-refractivity contribution is -0.121. The Hall–Kier alpha value is -1.50. The average molecular weight is 341 g/mol. The zero-order valence-corrected chi connectivity index (χ0v) is 14.1. The second-order valence-corrected chi connectivity index (χ2v) is 6.38. The monoisotopic (exact) mass is 340 g/mol. The summed E-state index contributed by atoms with van der Waals surface area (Å²) >= 11 is 6.21. The Kier molecular flexibility index (Phi) is 4.94. The van der Waals surface area contributed by atoms with Crippen LogP contribution in [0.15, 0.2) is 12.1 Å². The van der Waals surface area contributed by atoms with Crippen LogP contribution in [0.3, 0.4) is 0 Å². The molecule has 126 valence electrons. The van der Waals surface area contributed by atoms with Crippen molar-refractivity contribution >= 4 is 23.2 Å². The number of carbonyl (C=O) groups is 1. The molecule has 1 aromatic carbocycles. The van der Waals surface area contributed by atoms with Gasteiger partial charge in [0, 0.05) is 25.2 Å². The van der Waals surface area contributed by atoms with E-state index in [-0.39, 0.29) is 18.1 Å². The standard InChI is InChI=1S/C16H21ClN2O4/c1-10-7-19(8-11(2)23-10)9-16(20)18-13-6-15-14(5-12(13)17)21-3-4-22-15/h5-6,10-11H,3-4,7-9H2,1-2H3,(H,18,20). The van der Waals surface area contributed by atoms with Gasteiger partial charge in [0.2, 0.25) is 5.91 Å². The zero-order chi connectivity index (χ0) is 16.4. The van der Waals surface area contributed by atoms with Crippen molar-refractivity contribution in [2.24, 2.45) is 0 Å². The fraction of sp³-hybridized carbons (Fsp3) is 0.562. The molecule has 1 saturated heterocycles. The van der Waals surface area contributed by atoms with Gasteiger partial charge < -0.3 is 19.5 Å².